The van der Waals surface area contributed by atoms with Crippen LogP contribution in [0.1, 0.15) is 40.0 Å². The van der Waals surface area contributed by atoms with Gasteiger partial charge in [-0.25, -0.2) is 0 Å². The maximum absolute atomic E-state index is 2.67. The first-order valence-electron chi connectivity index (χ1n) is 5.77. The molecule has 1 heterocycles. The Hall–Kier alpha value is -0.0400. The third-order valence-electron chi connectivity index (χ3n) is 3.46. The molecular weight excluding hydrogens is 158 g/mol. The minimum absolute atomic E-state index is 0.530. The van der Waals surface area contributed by atoms with Gasteiger partial charge in [0.15, 0.2) is 0 Å². The molecule has 1 aliphatic carbocycles. The summed E-state index contributed by atoms with van der Waals surface area (Å²) in [6.45, 7) is 11.2. The molecule has 0 aromatic carbocycles. The molecule has 1 saturated carbocycles. The Morgan fingerprint density at radius 1 is 1.15 bits per heavy atom. The van der Waals surface area contributed by atoms with Gasteiger partial charge in [0, 0.05) is 13.1 Å². The van der Waals surface area contributed by atoms with E-state index in [0.29, 0.717) is 5.41 Å². The lowest BCUT2D eigenvalue weighted by molar-refractivity contribution is 0.269. The molecule has 0 aromatic rings. The van der Waals surface area contributed by atoms with Gasteiger partial charge in [0.05, 0.1) is 0 Å². The Kier molecular flexibility index (Phi) is 2.39. The van der Waals surface area contributed by atoms with Crippen molar-refractivity contribution in [3.8, 4) is 0 Å². The molecule has 1 saturated heterocycles. The highest BCUT2D eigenvalue weighted by molar-refractivity contribution is 4.96. The van der Waals surface area contributed by atoms with Crippen LogP contribution in [0.5, 0.6) is 0 Å². The monoisotopic (exact) mass is 181 g/mol. The van der Waals surface area contributed by atoms with Crippen LogP contribution in [0.15, 0.2) is 0 Å². The second-order valence-electron chi connectivity index (χ2n) is 6.18. The number of likely N-dealkylation sites (tertiary alicyclic amines) is 1. The molecule has 0 spiro atoms. The average Bonchev–Trinajstić information content (AvgIpc) is 2.57. The Labute approximate surface area is 82.5 Å². The summed E-state index contributed by atoms with van der Waals surface area (Å²) in [5.74, 6) is 2.21. The summed E-state index contributed by atoms with van der Waals surface area (Å²) in [4.78, 5) is 2.67. The molecule has 2 fully saturated rings. The summed E-state index contributed by atoms with van der Waals surface area (Å²) in [5.41, 5.74) is 0.530. The highest BCUT2D eigenvalue weighted by Crippen LogP contribution is 2.44. The van der Waals surface area contributed by atoms with Crippen molar-refractivity contribution in [2.75, 3.05) is 19.6 Å². The summed E-state index contributed by atoms with van der Waals surface area (Å²) in [6.07, 6.45) is 4.30. The summed E-state index contributed by atoms with van der Waals surface area (Å²) >= 11 is 0. The van der Waals surface area contributed by atoms with Crippen LogP contribution < -0.4 is 0 Å². The van der Waals surface area contributed by atoms with Gasteiger partial charge in [0.1, 0.15) is 0 Å². The van der Waals surface area contributed by atoms with Crippen molar-refractivity contribution in [1.29, 1.82) is 0 Å². The quantitative estimate of drug-likeness (QED) is 0.647. The number of nitrogens with zero attached hydrogens (tertiary/aromatic N) is 1. The fourth-order valence-corrected chi connectivity index (χ4v) is 2.51. The second-order valence-corrected chi connectivity index (χ2v) is 6.18. The zero-order chi connectivity index (χ0) is 9.47. The van der Waals surface area contributed by atoms with Gasteiger partial charge in [-0.1, -0.05) is 20.8 Å². The van der Waals surface area contributed by atoms with E-state index in [9.17, 15) is 0 Å². The standard InChI is InChI=1S/C12H23N/c1-12(2,3)5-4-6-13-8-10-7-11(10)9-13/h10-11H,4-9H2,1-3H3. The van der Waals surface area contributed by atoms with Gasteiger partial charge >= 0.3 is 0 Å². The topological polar surface area (TPSA) is 3.24 Å². The largest absolute Gasteiger partial charge is 0.303 e. The molecular formula is C12H23N. The van der Waals surface area contributed by atoms with E-state index in [1.165, 1.54) is 38.9 Å². The molecule has 2 unspecified atom stereocenters. The van der Waals surface area contributed by atoms with Crippen molar-refractivity contribution in [2.24, 2.45) is 17.3 Å². The smallest absolute Gasteiger partial charge is 0.00130 e. The predicted molar refractivity (Wildman–Crippen MR) is 56.7 cm³/mol. The van der Waals surface area contributed by atoms with Gasteiger partial charge in [0.25, 0.3) is 0 Å². The minimum atomic E-state index is 0.530. The lowest BCUT2D eigenvalue weighted by atomic mass is 9.90. The van der Waals surface area contributed by atoms with E-state index in [0.717, 1.165) is 11.8 Å². The zero-order valence-electron chi connectivity index (χ0n) is 9.34. The second kappa shape index (κ2) is 3.27. The van der Waals surface area contributed by atoms with Gasteiger partial charge < -0.3 is 4.90 Å². The Bertz CT molecular complexity index is 170. The third-order valence-corrected chi connectivity index (χ3v) is 3.46. The number of hydrogen-bond donors (Lipinski definition) is 0. The molecule has 2 atom stereocenters. The fourth-order valence-electron chi connectivity index (χ4n) is 2.51. The SMILES string of the molecule is CC(C)(C)CCCN1CC2CC2C1. The Morgan fingerprint density at radius 3 is 2.31 bits per heavy atom. The Morgan fingerprint density at radius 2 is 1.77 bits per heavy atom. The van der Waals surface area contributed by atoms with Gasteiger partial charge in [-0.05, 0) is 43.1 Å². The normalized spacial score (nSPS) is 33.5. The van der Waals surface area contributed by atoms with E-state index < -0.39 is 0 Å². The molecule has 1 heteroatoms. The van der Waals surface area contributed by atoms with E-state index >= 15 is 0 Å². The van der Waals surface area contributed by atoms with Gasteiger partial charge in [0.2, 0.25) is 0 Å². The van der Waals surface area contributed by atoms with Crippen molar-refractivity contribution >= 4 is 0 Å². The van der Waals surface area contributed by atoms with Crippen LogP contribution in [0.25, 0.3) is 0 Å². The summed E-state index contributed by atoms with van der Waals surface area (Å²) < 4.78 is 0. The summed E-state index contributed by atoms with van der Waals surface area (Å²) in [6, 6.07) is 0. The van der Waals surface area contributed by atoms with Gasteiger partial charge in [-0.2, -0.15) is 0 Å². The predicted octanol–water partition coefficient (Wildman–Crippen LogP) is 2.76. The molecule has 0 N–H and O–H groups in total. The minimum Gasteiger partial charge on any atom is -0.303 e. The lowest BCUT2D eigenvalue weighted by Crippen LogP contribution is -2.24. The molecule has 2 aliphatic rings. The van der Waals surface area contributed by atoms with Crippen LogP contribution in [0, 0.1) is 17.3 Å². The Balaban J connectivity index is 1.58. The van der Waals surface area contributed by atoms with Crippen LogP contribution in [0.3, 0.4) is 0 Å². The van der Waals surface area contributed by atoms with Gasteiger partial charge in [-0.15, -0.1) is 0 Å². The fraction of sp³-hybridized carbons (Fsp3) is 1.00. The number of rotatable bonds is 3. The maximum atomic E-state index is 2.67. The van der Waals surface area contributed by atoms with Crippen LogP contribution in [-0.4, -0.2) is 24.5 Å². The molecule has 76 valence electrons. The molecule has 2 rings (SSSR count). The van der Waals surface area contributed by atoms with Crippen molar-refractivity contribution in [3.63, 3.8) is 0 Å². The summed E-state index contributed by atoms with van der Waals surface area (Å²) in [5, 5.41) is 0. The molecule has 13 heavy (non-hydrogen) atoms. The van der Waals surface area contributed by atoms with Crippen molar-refractivity contribution in [3.05, 3.63) is 0 Å². The molecule has 0 bridgehead atoms. The average molecular weight is 181 g/mol. The lowest BCUT2D eigenvalue weighted by Gasteiger charge is -2.21. The summed E-state index contributed by atoms with van der Waals surface area (Å²) in [7, 11) is 0. The van der Waals surface area contributed by atoms with E-state index in [-0.39, 0.29) is 0 Å². The van der Waals surface area contributed by atoms with Crippen molar-refractivity contribution in [1.82, 2.24) is 4.90 Å². The molecule has 1 nitrogen and oxygen atoms in total. The third kappa shape index (κ3) is 2.70. The van der Waals surface area contributed by atoms with E-state index in [2.05, 4.69) is 25.7 Å². The van der Waals surface area contributed by atoms with Crippen LogP contribution >= 0.6 is 0 Å². The van der Waals surface area contributed by atoms with Gasteiger partial charge in [-0.3, -0.25) is 0 Å². The van der Waals surface area contributed by atoms with Crippen LogP contribution in [-0.2, 0) is 0 Å². The first-order valence-corrected chi connectivity index (χ1v) is 5.77. The first-order chi connectivity index (χ1) is 6.04. The van der Waals surface area contributed by atoms with E-state index in [1.807, 2.05) is 0 Å². The van der Waals surface area contributed by atoms with E-state index in [4.69, 9.17) is 0 Å². The maximum Gasteiger partial charge on any atom is 0.00130 e. The highest BCUT2D eigenvalue weighted by Gasteiger charge is 2.44. The van der Waals surface area contributed by atoms with E-state index in [1.54, 1.807) is 0 Å². The zero-order valence-corrected chi connectivity index (χ0v) is 9.34. The first kappa shape index (κ1) is 9.51. The van der Waals surface area contributed by atoms with Crippen LogP contribution in [0.4, 0.5) is 0 Å². The highest BCUT2D eigenvalue weighted by atomic mass is 15.2. The molecule has 0 radical (unpaired) electrons. The number of hydrogen-bond acceptors (Lipinski definition) is 1. The number of piperidine rings is 1. The van der Waals surface area contributed by atoms with Crippen molar-refractivity contribution < 1.29 is 0 Å². The van der Waals surface area contributed by atoms with Crippen molar-refractivity contribution in [2.45, 2.75) is 40.0 Å². The molecule has 0 aromatic heterocycles. The molecule has 1 aliphatic heterocycles. The number of fused-ring (bicyclic) bond motifs is 1. The molecule has 0 amide bonds. The van der Waals surface area contributed by atoms with Crippen LogP contribution in [0.2, 0.25) is 0 Å².